The van der Waals surface area contributed by atoms with Gasteiger partial charge in [0.1, 0.15) is 12.2 Å². The SMILES string of the molecule is O=C(Cn1nc(C(=O)NOCC2CC2)cc1C(=O)N[C@H]1CCCC[C@@H]1OCc1ccccc1)N[C@H]1CCCC[C@@H]1OCc1ccccc1. The van der Waals surface area contributed by atoms with Gasteiger partial charge in [0.2, 0.25) is 5.91 Å². The molecule has 3 fully saturated rings. The molecule has 4 atom stereocenters. The third-order valence-corrected chi connectivity index (χ3v) is 9.40. The molecular weight excluding hydrogens is 610 g/mol. The Morgan fingerprint density at radius 1 is 0.708 bits per heavy atom. The molecule has 3 aliphatic carbocycles. The first-order chi connectivity index (χ1) is 23.5. The van der Waals surface area contributed by atoms with Crippen LogP contribution in [0.5, 0.6) is 0 Å². The maximum atomic E-state index is 13.8. The molecule has 256 valence electrons. The van der Waals surface area contributed by atoms with E-state index in [9.17, 15) is 14.4 Å². The van der Waals surface area contributed by atoms with Crippen LogP contribution in [0.4, 0.5) is 0 Å². The fourth-order valence-electron chi connectivity index (χ4n) is 6.50. The number of carbonyl (C=O) groups is 3. The Balaban J connectivity index is 1.12. The highest BCUT2D eigenvalue weighted by molar-refractivity contribution is 5.98. The van der Waals surface area contributed by atoms with Crippen molar-refractivity contribution in [2.45, 2.75) is 108 Å². The largest absolute Gasteiger partial charge is 0.371 e. The zero-order valence-electron chi connectivity index (χ0n) is 27.5. The number of ether oxygens (including phenoxy) is 2. The number of nitrogens with one attached hydrogen (secondary N) is 3. The lowest BCUT2D eigenvalue weighted by molar-refractivity contribution is -0.124. The van der Waals surface area contributed by atoms with E-state index in [0.29, 0.717) is 25.7 Å². The second-order valence-electron chi connectivity index (χ2n) is 13.3. The number of aromatic nitrogens is 2. The van der Waals surface area contributed by atoms with E-state index in [1.807, 2.05) is 60.7 Å². The monoisotopic (exact) mass is 657 g/mol. The molecule has 48 heavy (non-hydrogen) atoms. The van der Waals surface area contributed by atoms with Gasteiger partial charge >= 0.3 is 0 Å². The lowest BCUT2D eigenvalue weighted by Crippen LogP contribution is -2.48. The molecule has 0 spiro atoms. The number of hydrogen-bond acceptors (Lipinski definition) is 7. The number of benzene rings is 2. The van der Waals surface area contributed by atoms with Crippen LogP contribution in [-0.2, 0) is 38.9 Å². The average molecular weight is 658 g/mol. The summed E-state index contributed by atoms with van der Waals surface area (Å²) in [6, 6.07) is 21.0. The third-order valence-electron chi connectivity index (χ3n) is 9.40. The normalized spacial score (nSPS) is 22.5. The van der Waals surface area contributed by atoms with Crippen LogP contribution in [0.25, 0.3) is 0 Å². The summed E-state index contributed by atoms with van der Waals surface area (Å²) in [7, 11) is 0. The number of amides is 3. The molecule has 3 aliphatic rings. The van der Waals surface area contributed by atoms with Crippen LogP contribution in [0.3, 0.4) is 0 Å². The van der Waals surface area contributed by atoms with Gasteiger partial charge in [-0.2, -0.15) is 5.10 Å². The van der Waals surface area contributed by atoms with E-state index in [1.165, 1.54) is 10.7 Å². The first-order valence-corrected chi connectivity index (χ1v) is 17.4. The van der Waals surface area contributed by atoms with Gasteiger partial charge in [-0.3, -0.25) is 19.2 Å². The Labute approximate surface area is 282 Å². The van der Waals surface area contributed by atoms with Gasteiger partial charge in [-0.05, 0) is 55.6 Å². The lowest BCUT2D eigenvalue weighted by atomic mass is 9.92. The van der Waals surface area contributed by atoms with Gasteiger partial charge in [-0.1, -0.05) is 86.3 Å². The second-order valence-corrected chi connectivity index (χ2v) is 13.3. The number of rotatable bonds is 15. The van der Waals surface area contributed by atoms with E-state index in [1.54, 1.807) is 0 Å². The van der Waals surface area contributed by atoms with E-state index in [4.69, 9.17) is 14.3 Å². The molecule has 11 nitrogen and oxygen atoms in total. The Bertz CT molecular complexity index is 1490. The zero-order chi connectivity index (χ0) is 33.1. The summed E-state index contributed by atoms with van der Waals surface area (Å²) in [4.78, 5) is 45.6. The van der Waals surface area contributed by atoms with Gasteiger partial charge in [0.25, 0.3) is 11.8 Å². The average Bonchev–Trinajstić information content (AvgIpc) is 3.84. The molecule has 11 heteroatoms. The fraction of sp³-hybridized carbons (Fsp3) is 0.514. The molecule has 3 aromatic rings. The van der Waals surface area contributed by atoms with E-state index in [0.717, 1.165) is 75.3 Å². The molecule has 0 radical (unpaired) electrons. The van der Waals surface area contributed by atoms with E-state index >= 15 is 0 Å². The van der Waals surface area contributed by atoms with Crippen molar-refractivity contribution in [2.75, 3.05) is 6.61 Å². The van der Waals surface area contributed by atoms with Crippen molar-refractivity contribution in [1.82, 2.24) is 25.9 Å². The number of nitrogens with zero attached hydrogens (tertiary/aromatic N) is 2. The van der Waals surface area contributed by atoms with Crippen LogP contribution in [0, 0.1) is 5.92 Å². The minimum absolute atomic E-state index is 0.00556. The van der Waals surface area contributed by atoms with Crippen molar-refractivity contribution in [3.63, 3.8) is 0 Å². The lowest BCUT2D eigenvalue weighted by Gasteiger charge is -2.32. The number of hydroxylamine groups is 1. The van der Waals surface area contributed by atoms with Crippen molar-refractivity contribution in [1.29, 1.82) is 0 Å². The summed E-state index contributed by atoms with van der Waals surface area (Å²) in [5.41, 5.74) is 4.73. The Kier molecular flexibility index (Phi) is 11.9. The molecule has 0 unspecified atom stereocenters. The van der Waals surface area contributed by atoms with Crippen molar-refractivity contribution >= 4 is 17.7 Å². The summed E-state index contributed by atoms with van der Waals surface area (Å²) in [5.74, 6) is -0.811. The molecule has 3 N–H and O–H groups in total. The third kappa shape index (κ3) is 9.74. The van der Waals surface area contributed by atoms with Gasteiger partial charge < -0.3 is 20.1 Å². The Morgan fingerprint density at radius 2 is 1.27 bits per heavy atom. The van der Waals surface area contributed by atoms with E-state index in [2.05, 4.69) is 21.2 Å². The minimum atomic E-state index is -0.563. The summed E-state index contributed by atoms with van der Waals surface area (Å²) in [5, 5.41) is 10.7. The molecule has 1 heterocycles. The molecule has 6 rings (SSSR count). The molecule has 3 saturated carbocycles. The summed E-state index contributed by atoms with van der Waals surface area (Å²) in [6.07, 6.45) is 9.18. The second kappa shape index (κ2) is 16.9. The van der Waals surface area contributed by atoms with Crippen LogP contribution in [0.1, 0.15) is 96.3 Å². The minimum Gasteiger partial charge on any atom is -0.371 e. The molecule has 2 aromatic carbocycles. The molecule has 0 saturated heterocycles. The molecular formula is C37H47N5O6. The first kappa shape index (κ1) is 33.8. The van der Waals surface area contributed by atoms with Crippen LogP contribution >= 0.6 is 0 Å². The van der Waals surface area contributed by atoms with Crippen molar-refractivity contribution < 1.29 is 28.7 Å². The highest BCUT2D eigenvalue weighted by Crippen LogP contribution is 2.28. The molecule has 3 amide bonds. The Morgan fingerprint density at radius 3 is 1.85 bits per heavy atom. The predicted octanol–water partition coefficient (Wildman–Crippen LogP) is 4.86. The van der Waals surface area contributed by atoms with Crippen molar-refractivity contribution in [2.24, 2.45) is 5.92 Å². The smallest absolute Gasteiger partial charge is 0.295 e. The van der Waals surface area contributed by atoms with Crippen LogP contribution in [0.2, 0.25) is 0 Å². The van der Waals surface area contributed by atoms with Crippen molar-refractivity contribution in [3.05, 3.63) is 89.2 Å². The van der Waals surface area contributed by atoms with E-state index in [-0.39, 0.29) is 48.1 Å². The van der Waals surface area contributed by atoms with Crippen molar-refractivity contribution in [3.8, 4) is 0 Å². The summed E-state index contributed by atoms with van der Waals surface area (Å²) >= 11 is 0. The van der Waals surface area contributed by atoms with Gasteiger partial charge in [0, 0.05) is 6.07 Å². The number of carbonyl (C=O) groups excluding carboxylic acids is 3. The van der Waals surface area contributed by atoms with Crippen LogP contribution in [0.15, 0.2) is 66.7 Å². The van der Waals surface area contributed by atoms with Gasteiger partial charge in [0.05, 0.1) is 44.1 Å². The standard InChI is InChI=1S/C37H47N5O6/c43-35(38-29-15-7-9-17-33(29)46-23-26-11-3-1-4-12-26)22-42-32(21-31(40-42)36(44)41-48-25-28-19-20-28)37(45)39-30-16-8-10-18-34(30)47-24-27-13-5-2-6-14-27/h1-6,11-14,21,28-30,33-34H,7-10,15-20,22-25H2,(H,38,43)(H,39,45)(H,41,44)/t29-,30-,33-,34-/m0/s1. The molecule has 0 bridgehead atoms. The fourth-order valence-corrected chi connectivity index (χ4v) is 6.50. The topological polar surface area (TPSA) is 133 Å². The summed E-state index contributed by atoms with van der Waals surface area (Å²) in [6.45, 7) is 1.14. The van der Waals surface area contributed by atoms with Gasteiger partial charge in [-0.15, -0.1) is 0 Å². The molecule has 0 aliphatic heterocycles. The Hall–Kier alpha value is -4.06. The highest BCUT2D eigenvalue weighted by atomic mass is 16.7. The van der Waals surface area contributed by atoms with Gasteiger partial charge in [0.15, 0.2) is 5.69 Å². The summed E-state index contributed by atoms with van der Waals surface area (Å²) < 4.78 is 13.8. The number of hydrogen-bond donors (Lipinski definition) is 3. The maximum Gasteiger partial charge on any atom is 0.295 e. The first-order valence-electron chi connectivity index (χ1n) is 17.4. The maximum absolute atomic E-state index is 13.8. The highest BCUT2D eigenvalue weighted by Gasteiger charge is 2.31. The van der Waals surface area contributed by atoms with Gasteiger partial charge in [-0.25, -0.2) is 10.2 Å². The molecule has 1 aromatic heterocycles. The zero-order valence-corrected chi connectivity index (χ0v) is 27.5. The van der Waals surface area contributed by atoms with E-state index < -0.39 is 11.8 Å². The van der Waals surface area contributed by atoms with Crippen LogP contribution < -0.4 is 16.1 Å². The predicted molar refractivity (Wildman–Crippen MR) is 179 cm³/mol. The van der Waals surface area contributed by atoms with Crippen LogP contribution in [-0.4, -0.2) is 58.4 Å². The quantitative estimate of drug-likeness (QED) is 0.199.